The number of rotatable bonds is 3. The van der Waals surface area contributed by atoms with Crippen molar-refractivity contribution in [3.05, 3.63) is 18.2 Å². The number of piperazine rings is 1. The highest BCUT2D eigenvalue weighted by Crippen LogP contribution is 2.26. The van der Waals surface area contributed by atoms with Gasteiger partial charge in [0, 0.05) is 39.3 Å². The number of ether oxygens (including phenoxy) is 1. The van der Waals surface area contributed by atoms with Gasteiger partial charge in [-0.05, 0) is 18.8 Å². The fraction of sp³-hybridized carbons (Fsp3) is 0.714. The summed E-state index contributed by atoms with van der Waals surface area (Å²) in [5.41, 5.74) is 0. The first kappa shape index (κ1) is 13.7. The van der Waals surface area contributed by atoms with E-state index in [1.54, 1.807) is 7.11 Å². The zero-order valence-electron chi connectivity index (χ0n) is 11.8. The van der Waals surface area contributed by atoms with E-state index in [9.17, 15) is 4.39 Å². The molecule has 0 spiro atoms. The van der Waals surface area contributed by atoms with Crippen LogP contribution >= 0.6 is 0 Å². The van der Waals surface area contributed by atoms with E-state index in [2.05, 4.69) is 19.8 Å². The number of methoxy groups -OCH3 is 1. The first-order valence-corrected chi connectivity index (χ1v) is 7.21. The molecule has 0 unspecified atom stereocenters. The molecular weight excluding hydrogens is 259 g/mol. The number of hydrogen-bond acceptors (Lipinski definition) is 5. The van der Waals surface area contributed by atoms with Crippen molar-refractivity contribution in [3.63, 3.8) is 0 Å². The second-order valence-electron chi connectivity index (χ2n) is 5.69. The van der Waals surface area contributed by atoms with E-state index in [0.29, 0.717) is 17.9 Å². The molecule has 0 aromatic carbocycles. The second kappa shape index (κ2) is 6.01. The third kappa shape index (κ3) is 2.91. The molecule has 110 valence electrons. The lowest BCUT2D eigenvalue weighted by Crippen LogP contribution is -2.57. The Morgan fingerprint density at radius 1 is 1.25 bits per heavy atom. The van der Waals surface area contributed by atoms with E-state index in [1.807, 2.05) is 0 Å². The normalized spacial score (nSPS) is 27.4. The number of nitrogens with zero attached hydrogens (tertiary/aromatic N) is 4. The van der Waals surface area contributed by atoms with Crippen LogP contribution < -0.4 is 4.90 Å². The van der Waals surface area contributed by atoms with Gasteiger partial charge in [0.1, 0.15) is 0 Å². The van der Waals surface area contributed by atoms with Crippen LogP contribution in [0, 0.1) is 11.7 Å². The lowest BCUT2D eigenvalue weighted by atomic mass is 9.91. The van der Waals surface area contributed by atoms with Crippen LogP contribution in [0.3, 0.4) is 0 Å². The molecule has 0 aliphatic carbocycles. The summed E-state index contributed by atoms with van der Waals surface area (Å²) in [5, 5.41) is 0. The van der Waals surface area contributed by atoms with Crippen molar-refractivity contribution >= 4 is 5.95 Å². The molecule has 20 heavy (non-hydrogen) atoms. The summed E-state index contributed by atoms with van der Waals surface area (Å²) in [5.74, 6) is 0.919. The third-order valence-corrected chi connectivity index (χ3v) is 4.30. The lowest BCUT2D eigenvalue weighted by Gasteiger charge is -2.46. The van der Waals surface area contributed by atoms with Gasteiger partial charge in [0.2, 0.25) is 5.95 Å². The number of piperidine rings is 1. The van der Waals surface area contributed by atoms with Crippen LogP contribution in [0.25, 0.3) is 0 Å². The minimum atomic E-state index is -0.382. The molecule has 0 amide bonds. The molecule has 0 saturated carbocycles. The van der Waals surface area contributed by atoms with Crippen molar-refractivity contribution in [3.8, 4) is 0 Å². The van der Waals surface area contributed by atoms with Crippen molar-refractivity contribution in [2.75, 3.05) is 44.8 Å². The van der Waals surface area contributed by atoms with Gasteiger partial charge >= 0.3 is 0 Å². The number of anilines is 1. The summed E-state index contributed by atoms with van der Waals surface area (Å²) in [7, 11) is 1.77. The van der Waals surface area contributed by atoms with E-state index in [4.69, 9.17) is 4.74 Å². The molecule has 0 N–H and O–H groups in total. The molecule has 2 saturated heterocycles. The third-order valence-electron chi connectivity index (χ3n) is 4.30. The fourth-order valence-electron chi connectivity index (χ4n) is 3.28. The van der Waals surface area contributed by atoms with Crippen LogP contribution in [0.4, 0.5) is 10.3 Å². The quantitative estimate of drug-likeness (QED) is 0.831. The van der Waals surface area contributed by atoms with Crippen LogP contribution in [0.5, 0.6) is 0 Å². The maximum atomic E-state index is 12.9. The van der Waals surface area contributed by atoms with E-state index >= 15 is 0 Å². The van der Waals surface area contributed by atoms with Crippen molar-refractivity contribution in [1.82, 2.24) is 14.9 Å². The molecule has 0 radical (unpaired) electrons. The molecule has 2 atom stereocenters. The number of aromatic nitrogens is 2. The van der Waals surface area contributed by atoms with Crippen LogP contribution in [0.15, 0.2) is 12.4 Å². The van der Waals surface area contributed by atoms with Gasteiger partial charge in [-0.1, -0.05) is 0 Å². The highest BCUT2D eigenvalue weighted by atomic mass is 19.1. The summed E-state index contributed by atoms with van der Waals surface area (Å²) in [6, 6.07) is 0.561. The van der Waals surface area contributed by atoms with E-state index < -0.39 is 0 Å². The van der Waals surface area contributed by atoms with Crippen molar-refractivity contribution in [2.45, 2.75) is 18.9 Å². The average Bonchev–Trinajstić information content (AvgIpc) is 2.48. The summed E-state index contributed by atoms with van der Waals surface area (Å²) in [6.07, 6.45) is 4.88. The molecule has 0 bridgehead atoms. The van der Waals surface area contributed by atoms with Crippen LogP contribution in [-0.4, -0.2) is 60.8 Å². The first-order valence-electron chi connectivity index (χ1n) is 7.21. The van der Waals surface area contributed by atoms with Crippen LogP contribution in [0.2, 0.25) is 0 Å². The molecule has 2 fully saturated rings. The minimum absolute atomic E-state index is 0.382. The summed E-state index contributed by atoms with van der Waals surface area (Å²) in [4.78, 5) is 12.9. The zero-order valence-corrected chi connectivity index (χ0v) is 11.8. The SMILES string of the molecule is COC[C@@H]1CC[C@H]2CN(c3ncc(F)cn3)CCN2C1. The number of hydrogen-bond donors (Lipinski definition) is 0. The topological polar surface area (TPSA) is 41.5 Å². The number of halogens is 1. The maximum absolute atomic E-state index is 12.9. The Morgan fingerprint density at radius 3 is 2.80 bits per heavy atom. The van der Waals surface area contributed by atoms with Gasteiger partial charge in [-0.3, -0.25) is 4.90 Å². The first-order chi connectivity index (χ1) is 9.76. The second-order valence-corrected chi connectivity index (χ2v) is 5.69. The smallest absolute Gasteiger partial charge is 0.225 e. The van der Waals surface area contributed by atoms with Gasteiger partial charge in [-0.15, -0.1) is 0 Å². The fourth-order valence-corrected chi connectivity index (χ4v) is 3.28. The Bertz CT molecular complexity index is 441. The van der Waals surface area contributed by atoms with Gasteiger partial charge in [0.05, 0.1) is 19.0 Å². The van der Waals surface area contributed by atoms with E-state index in [-0.39, 0.29) is 5.82 Å². The van der Waals surface area contributed by atoms with Crippen LogP contribution in [0.1, 0.15) is 12.8 Å². The highest BCUT2D eigenvalue weighted by Gasteiger charge is 2.33. The van der Waals surface area contributed by atoms with Gasteiger partial charge in [0.25, 0.3) is 0 Å². The van der Waals surface area contributed by atoms with Gasteiger partial charge in [-0.25, -0.2) is 14.4 Å². The lowest BCUT2D eigenvalue weighted by molar-refractivity contribution is 0.0516. The molecule has 3 rings (SSSR count). The summed E-state index contributed by atoms with van der Waals surface area (Å²) in [6.45, 7) is 4.84. The molecule has 2 aliphatic heterocycles. The average molecular weight is 280 g/mol. The standard InChI is InChI=1S/C14H21FN4O/c1-20-10-11-2-3-13-9-19(5-4-18(13)8-11)14-16-6-12(15)7-17-14/h6-7,11,13H,2-5,8-10H2,1H3/t11-,13+/m1/s1. The van der Waals surface area contributed by atoms with E-state index in [1.165, 1.54) is 25.2 Å². The minimum Gasteiger partial charge on any atom is -0.384 e. The van der Waals surface area contributed by atoms with Gasteiger partial charge < -0.3 is 9.64 Å². The summed E-state index contributed by atoms with van der Waals surface area (Å²) >= 11 is 0. The molecule has 5 nitrogen and oxygen atoms in total. The Kier molecular flexibility index (Phi) is 4.12. The Labute approximate surface area is 118 Å². The Balaban J connectivity index is 1.61. The number of fused-ring (bicyclic) bond motifs is 1. The molecule has 6 heteroatoms. The van der Waals surface area contributed by atoms with Gasteiger partial charge in [0.15, 0.2) is 5.82 Å². The predicted octanol–water partition coefficient (Wildman–Crippen LogP) is 1.16. The van der Waals surface area contributed by atoms with Crippen molar-refractivity contribution < 1.29 is 9.13 Å². The summed E-state index contributed by atoms with van der Waals surface area (Å²) < 4.78 is 18.1. The largest absolute Gasteiger partial charge is 0.384 e. The molecule has 3 heterocycles. The molecule has 1 aromatic heterocycles. The Morgan fingerprint density at radius 2 is 2.05 bits per heavy atom. The zero-order chi connectivity index (χ0) is 13.9. The predicted molar refractivity (Wildman–Crippen MR) is 74.2 cm³/mol. The van der Waals surface area contributed by atoms with Gasteiger partial charge in [-0.2, -0.15) is 0 Å². The molecular formula is C14H21FN4O. The molecule has 1 aromatic rings. The maximum Gasteiger partial charge on any atom is 0.225 e. The van der Waals surface area contributed by atoms with Crippen LogP contribution in [-0.2, 0) is 4.74 Å². The van der Waals surface area contributed by atoms with Crippen molar-refractivity contribution in [2.24, 2.45) is 5.92 Å². The molecule has 2 aliphatic rings. The van der Waals surface area contributed by atoms with E-state index in [0.717, 1.165) is 32.8 Å². The highest BCUT2D eigenvalue weighted by molar-refractivity contribution is 5.30. The monoisotopic (exact) mass is 280 g/mol. The van der Waals surface area contributed by atoms with Crippen molar-refractivity contribution in [1.29, 1.82) is 0 Å². The Hall–Kier alpha value is -1.27.